The molecule has 142 valence electrons. The number of esters is 1. The van der Waals surface area contributed by atoms with Gasteiger partial charge in [0, 0.05) is 11.3 Å². The Bertz CT molecular complexity index is 819. The zero-order chi connectivity index (χ0) is 19.8. The van der Waals surface area contributed by atoms with Crippen molar-refractivity contribution in [2.75, 3.05) is 19.0 Å². The Morgan fingerprint density at radius 3 is 2.41 bits per heavy atom. The fourth-order valence-corrected chi connectivity index (χ4v) is 2.35. The van der Waals surface area contributed by atoms with E-state index in [0.717, 1.165) is 0 Å². The van der Waals surface area contributed by atoms with Crippen LogP contribution in [0.5, 0.6) is 5.75 Å². The van der Waals surface area contributed by atoms with Gasteiger partial charge in [0.15, 0.2) is 5.11 Å². The molecule has 0 heterocycles. The van der Waals surface area contributed by atoms with E-state index in [1.165, 1.54) is 7.11 Å². The van der Waals surface area contributed by atoms with Gasteiger partial charge in [-0.25, -0.2) is 4.79 Å². The lowest BCUT2D eigenvalue weighted by Gasteiger charge is -2.12. The molecule has 7 heteroatoms. The number of anilines is 1. The van der Waals surface area contributed by atoms with Gasteiger partial charge in [-0.3, -0.25) is 10.1 Å². The molecule has 1 amide bonds. The van der Waals surface area contributed by atoms with Crippen LogP contribution in [0.3, 0.4) is 0 Å². The molecular weight excluding hydrogens is 364 g/mol. The molecule has 0 aliphatic carbocycles. The number of carbonyl (C=O) groups is 2. The average molecular weight is 386 g/mol. The first-order valence-electron chi connectivity index (χ1n) is 8.42. The molecular formula is C20H22N2O4S. The Kier molecular flexibility index (Phi) is 7.31. The van der Waals surface area contributed by atoms with E-state index in [0.29, 0.717) is 35.1 Å². The highest BCUT2D eigenvalue weighted by atomic mass is 32.1. The third-order valence-electron chi connectivity index (χ3n) is 3.47. The molecule has 0 aliphatic rings. The molecule has 27 heavy (non-hydrogen) atoms. The van der Waals surface area contributed by atoms with Crippen molar-refractivity contribution in [1.82, 2.24) is 5.32 Å². The van der Waals surface area contributed by atoms with E-state index >= 15 is 0 Å². The van der Waals surface area contributed by atoms with E-state index in [9.17, 15) is 9.59 Å². The normalized spacial score (nSPS) is 10.2. The first-order chi connectivity index (χ1) is 12.9. The molecule has 2 aromatic rings. The lowest BCUT2D eigenvalue weighted by molar-refractivity contribution is 0.0600. The lowest BCUT2D eigenvalue weighted by atomic mass is 10.2. The number of nitrogens with one attached hydrogen (secondary N) is 2. The molecule has 0 atom stereocenters. The van der Waals surface area contributed by atoms with Gasteiger partial charge >= 0.3 is 5.97 Å². The molecule has 0 spiro atoms. The topological polar surface area (TPSA) is 76.7 Å². The van der Waals surface area contributed by atoms with Crippen LogP contribution in [0, 0.1) is 5.92 Å². The van der Waals surface area contributed by atoms with Crippen molar-refractivity contribution in [3.8, 4) is 5.75 Å². The van der Waals surface area contributed by atoms with Crippen LogP contribution in [0.2, 0.25) is 0 Å². The molecule has 0 fully saturated rings. The fraction of sp³-hybridized carbons (Fsp3) is 0.250. The average Bonchev–Trinajstić information content (AvgIpc) is 2.66. The number of hydrogen-bond donors (Lipinski definition) is 2. The maximum absolute atomic E-state index is 12.4. The van der Waals surface area contributed by atoms with Crippen LogP contribution < -0.4 is 15.4 Å². The van der Waals surface area contributed by atoms with Crippen LogP contribution in [0.4, 0.5) is 5.69 Å². The van der Waals surface area contributed by atoms with E-state index in [4.69, 9.17) is 17.0 Å². The summed E-state index contributed by atoms with van der Waals surface area (Å²) in [6.07, 6.45) is 0. The molecule has 0 radical (unpaired) electrons. The molecule has 0 unspecified atom stereocenters. The van der Waals surface area contributed by atoms with Crippen molar-refractivity contribution < 1.29 is 19.1 Å². The minimum atomic E-state index is -0.419. The summed E-state index contributed by atoms with van der Waals surface area (Å²) < 4.78 is 10.3. The second kappa shape index (κ2) is 9.68. The van der Waals surface area contributed by atoms with Gasteiger partial charge in [-0.15, -0.1) is 0 Å². The molecule has 0 saturated heterocycles. The van der Waals surface area contributed by atoms with Crippen molar-refractivity contribution in [3.05, 3.63) is 59.7 Å². The van der Waals surface area contributed by atoms with Crippen LogP contribution in [-0.2, 0) is 4.74 Å². The Morgan fingerprint density at radius 1 is 1.07 bits per heavy atom. The first-order valence-corrected chi connectivity index (χ1v) is 8.83. The number of rotatable bonds is 6. The summed E-state index contributed by atoms with van der Waals surface area (Å²) >= 11 is 5.17. The van der Waals surface area contributed by atoms with Crippen LogP contribution in [0.25, 0.3) is 0 Å². The molecule has 0 aromatic heterocycles. The van der Waals surface area contributed by atoms with Crippen molar-refractivity contribution in [3.63, 3.8) is 0 Å². The predicted octanol–water partition coefficient (Wildman–Crippen LogP) is 3.63. The molecule has 2 N–H and O–H groups in total. The van der Waals surface area contributed by atoms with Gasteiger partial charge in [0.05, 0.1) is 19.3 Å². The maximum atomic E-state index is 12.4. The standard InChI is InChI=1S/C20H22N2O4S/c1-13(2)12-26-17-6-4-5-15(11-17)18(23)22-20(27)21-16-9-7-14(8-10-16)19(24)25-3/h4-11,13H,12H2,1-3H3,(H2,21,22,23,27). The van der Waals surface area contributed by atoms with E-state index < -0.39 is 5.97 Å². The summed E-state index contributed by atoms with van der Waals surface area (Å²) in [6.45, 7) is 4.68. The van der Waals surface area contributed by atoms with Gasteiger partial charge in [0.2, 0.25) is 0 Å². The van der Waals surface area contributed by atoms with Crippen molar-refractivity contribution in [2.24, 2.45) is 5.92 Å². The van der Waals surface area contributed by atoms with Crippen LogP contribution >= 0.6 is 12.2 Å². The first kappa shape index (κ1) is 20.4. The van der Waals surface area contributed by atoms with E-state index in [1.807, 2.05) is 0 Å². The van der Waals surface area contributed by atoms with Gasteiger partial charge in [-0.1, -0.05) is 19.9 Å². The highest BCUT2D eigenvalue weighted by Gasteiger charge is 2.10. The monoisotopic (exact) mass is 386 g/mol. The van der Waals surface area contributed by atoms with Crippen molar-refractivity contribution >= 4 is 34.9 Å². The second-order valence-electron chi connectivity index (χ2n) is 6.21. The zero-order valence-corrected chi connectivity index (χ0v) is 16.3. The van der Waals surface area contributed by atoms with Crippen LogP contribution in [-0.4, -0.2) is 30.7 Å². The van der Waals surface area contributed by atoms with Gasteiger partial charge in [-0.2, -0.15) is 0 Å². The molecule has 0 aliphatic heterocycles. The largest absolute Gasteiger partial charge is 0.493 e. The number of hydrogen-bond acceptors (Lipinski definition) is 5. The molecule has 2 rings (SSSR count). The quantitative estimate of drug-likeness (QED) is 0.583. The number of benzene rings is 2. The third kappa shape index (κ3) is 6.38. The van der Waals surface area contributed by atoms with Gasteiger partial charge in [0.1, 0.15) is 5.75 Å². The summed E-state index contributed by atoms with van der Waals surface area (Å²) in [5, 5.41) is 5.67. The van der Waals surface area contributed by atoms with Gasteiger partial charge < -0.3 is 14.8 Å². The second-order valence-corrected chi connectivity index (χ2v) is 6.62. The highest BCUT2D eigenvalue weighted by Crippen LogP contribution is 2.15. The van der Waals surface area contributed by atoms with E-state index in [1.54, 1.807) is 48.5 Å². The van der Waals surface area contributed by atoms with Crippen molar-refractivity contribution in [1.29, 1.82) is 0 Å². The van der Waals surface area contributed by atoms with Gasteiger partial charge in [-0.05, 0) is 60.6 Å². The molecule has 2 aromatic carbocycles. The minimum Gasteiger partial charge on any atom is -0.493 e. The third-order valence-corrected chi connectivity index (χ3v) is 3.67. The fourth-order valence-electron chi connectivity index (χ4n) is 2.14. The Morgan fingerprint density at radius 2 is 1.78 bits per heavy atom. The lowest BCUT2D eigenvalue weighted by Crippen LogP contribution is -2.34. The number of carbonyl (C=O) groups excluding carboxylic acids is 2. The minimum absolute atomic E-state index is 0.152. The summed E-state index contributed by atoms with van der Waals surface area (Å²) in [5.41, 5.74) is 1.51. The number of methoxy groups -OCH3 is 1. The predicted molar refractivity (Wildman–Crippen MR) is 108 cm³/mol. The summed E-state index contributed by atoms with van der Waals surface area (Å²) in [4.78, 5) is 23.8. The van der Waals surface area contributed by atoms with E-state index in [2.05, 4.69) is 29.2 Å². The highest BCUT2D eigenvalue weighted by molar-refractivity contribution is 7.80. The molecule has 6 nitrogen and oxygen atoms in total. The van der Waals surface area contributed by atoms with E-state index in [-0.39, 0.29) is 11.0 Å². The molecule has 0 bridgehead atoms. The zero-order valence-electron chi connectivity index (χ0n) is 15.4. The Balaban J connectivity index is 1.94. The number of amides is 1. The SMILES string of the molecule is COC(=O)c1ccc(NC(=S)NC(=O)c2cccc(OCC(C)C)c2)cc1. The Labute approximate surface area is 163 Å². The number of ether oxygens (including phenoxy) is 2. The van der Waals surface area contributed by atoms with Crippen LogP contribution in [0.15, 0.2) is 48.5 Å². The molecule has 0 saturated carbocycles. The number of thiocarbonyl (C=S) groups is 1. The Hall–Kier alpha value is -2.93. The van der Waals surface area contributed by atoms with Crippen LogP contribution in [0.1, 0.15) is 34.6 Å². The van der Waals surface area contributed by atoms with Gasteiger partial charge in [0.25, 0.3) is 5.91 Å². The summed E-state index contributed by atoms with van der Waals surface area (Å²) in [5.74, 6) is 0.268. The maximum Gasteiger partial charge on any atom is 0.337 e. The summed E-state index contributed by atoms with van der Waals surface area (Å²) in [6, 6.07) is 13.5. The summed E-state index contributed by atoms with van der Waals surface area (Å²) in [7, 11) is 1.32. The van der Waals surface area contributed by atoms with Crippen molar-refractivity contribution in [2.45, 2.75) is 13.8 Å². The smallest absolute Gasteiger partial charge is 0.337 e.